The summed E-state index contributed by atoms with van der Waals surface area (Å²) in [6, 6.07) is 16.5. The van der Waals surface area contributed by atoms with E-state index in [4.69, 9.17) is 0 Å². The number of aromatic nitrogens is 4. The number of carbonyl (C=O) groups is 4. The van der Waals surface area contributed by atoms with Crippen LogP contribution in [0.15, 0.2) is 90.3 Å². The minimum atomic E-state index is -4.44. The molecule has 3 atom stereocenters. The molecule has 0 spiro atoms. The van der Waals surface area contributed by atoms with Crippen LogP contribution in [0.1, 0.15) is 119 Å². The van der Waals surface area contributed by atoms with E-state index < -0.39 is 35.3 Å². The van der Waals surface area contributed by atoms with Gasteiger partial charge in [0.25, 0.3) is 5.91 Å². The summed E-state index contributed by atoms with van der Waals surface area (Å²) in [7, 11) is 1.78. The molecule has 0 saturated carbocycles. The number of nitrogens with zero attached hydrogens (tertiary/aromatic N) is 6. The molecule has 1 saturated heterocycles. The summed E-state index contributed by atoms with van der Waals surface area (Å²) in [5.41, 5.74) is 13.2. The first-order valence-electron chi connectivity index (χ1n) is 25.8. The summed E-state index contributed by atoms with van der Waals surface area (Å²) in [6.45, 7) is 9.25. The van der Waals surface area contributed by atoms with Crippen molar-refractivity contribution in [3.05, 3.63) is 113 Å². The van der Waals surface area contributed by atoms with Gasteiger partial charge in [-0.25, -0.2) is 4.98 Å². The second-order valence-corrected chi connectivity index (χ2v) is 21.6. The number of unbranched alkanes of at least 4 members (excludes halogenated alkanes) is 6. The number of thiazole rings is 1. The molecule has 0 bridgehead atoms. The van der Waals surface area contributed by atoms with E-state index >= 15 is 0 Å². The van der Waals surface area contributed by atoms with Gasteiger partial charge in [-0.2, -0.15) is 18.3 Å². The zero-order chi connectivity index (χ0) is 53.4. The number of rotatable bonds is 22. The lowest BCUT2D eigenvalue weighted by atomic mass is 9.85. The maximum Gasteiger partial charge on any atom is 0.416 e. The van der Waals surface area contributed by atoms with Crippen LogP contribution in [0.25, 0.3) is 38.1 Å². The Hall–Kier alpha value is -6.77. The maximum absolute atomic E-state index is 14.1. The summed E-state index contributed by atoms with van der Waals surface area (Å²) in [5, 5.41) is 27.8. The molecule has 2 aliphatic heterocycles. The van der Waals surface area contributed by atoms with Gasteiger partial charge in [-0.15, -0.1) is 16.9 Å². The number of carbonyl (C=O) groups excluding carboxylic acids is 4. The third-order valence-electron chi connectivity index (χ3n) is 13.9. The quantitative estimate of drug-likeness (QED) is 0.0359. The highest BCUT2D eigenvalue weighted by atomic mass is 32.1. The largest absolute Gasteiger partial charge is 0.416 e. The lowest BCUT2D eigenvalue weighted by molar-refractivity contribution is -0.144. The Kier molecular flexibility index (Phi) is 17.3. The average molecular weight is 1050 g/mol. The first-order valence-corrected chi connectivity index (χ1v) is 26.7. The molecule has 16 nitrogen and oxygen atoms in total. The number of β-amino-alcohol motifs (C(OH)–C–C–N with tert-alkyl or cyclic N) is 1. The molecule has 0 unspecified atom stereocenters. The van der Waals surface area contributed by atoms with Crippen molar-refractivity contribution in [3.8, 4) is 16.1 Å². The monoisotopic (exact) mass is 1050 g/mol. The zero-order valence-electron chi connectivity index (χ0n) is 43.2. The summed E-state index contributed by atoms with van der Waals surface area (Å²) in [4.78, 5) is 60.9. The molecule has 3 aromatic carbocycles. The molecule has 5 heterocycles. The molecule has 1 fully saturated rings. The highest BCUT2D eigenvalue weighted by molar-refractivity contribution is 7.13. The lowest BCUT2D eigenvalue weighted by Gasteiger charge is -2.35. The minimum Gasteiger partial charge on any atom is -0.391 e. The number of hydrazine groups is 2. The molecular formula is C55H68F3N11O5S. The fraction of sp³-hybridized carbons (Fsp3) is 0.455. The number of aryl methyl sites for hydroxylation is 2. The van der Waals surface area contributed by atoms with Crippen molar-refractivity contribution >= 4 is 56.9 Å². The van der Waals surface area contributed by atoms with Crippen molar-refractivity contribution in [1.82, 2.24) is 56.2 Å². The Morgan fingerprint density at radius 1 is 0.893 bits per heavy atom. The number of amides is 4. The first-order chi connectivity index (χ1) is 35.8. The van der Waals surface area contributed by atoms with Crippen LogP contribution in [0, 0.1) is 12.3 Å². The highest BCUT2D eigenvalue weighted by Gasteiger charge is 2.44. The van der Waals surface area contributed by atoms with E-state index in [1.165, 1.54) is 17.0 Å². The molecule has 0 aliphatic carbocycles. The number of benzene rings is 3. The van der Waals surface area contributed by atoms with Crippen molar-refractivity contribution in [3.63, 3.8) is 0 Å². The van der Waals surface area contributed by atoms with E-state index in [1.54, 1.807) is 33.7 Å². The minimum absolute atomic E-state index is 0.0127. The summed E-state index contributed by atoms with van der Waals surface area (Å²) in [6.07, 6.45) is 6.88. The van der Waals surface area contributed by atoms with Crippen LogP contribution in [0.2, 0.25) is 0 Å². The first kappa shape index (κ1) is 54.5. The number of alkyl halides is 3. The summed E-state index contributed by atoms with van der Waals surface area (Å²) >= 11 is 1.58. The highest BCUT2D eigenvalue weighted by Crippen LogP contribution is 2.35. The molecule has 2 aliphatic rings. The zero-order valence-corrected chi connectivity index (χ0v) is 44.0. The molecule has 0 radical (unpaired) electrons. The number of allylic oxidation sites excluding steroid dienone is 1. The number of aliphatic hydroxyl groups excluding tert-OH is 1. The van der Waals surface area contributed by atoms with E-state index in [0.717, 1.165) is 114 Å². The Morgan fingerprint density at radius 3 is 2.35 bits per heavy atom. The molecule has 20 heteroatoms. The summed E-state index contributed by atoms with van der Waals surface area (Å²) < 4.78 is 43.2. The van der Waals surface area contributed by atoms with Crippen LogP contribution in [-0.4, -0.2) is 95.8 Å². The molecule has 6 aromatic rings. The molecule has 4 amide bonds. The van der Waals surface area contributed by atoms with Gasteiger partial charge in [0.05, 0.1) is 33.3 Å². The number of fused-ring (bicyclic) bond motifs is 3. The molecule has 400 valence electrons. The van der Waals surface area contributed by atoms with Crippen LogP contribution in [-0.2, 0) is 34.2 Å². The average Bonchev–Trinajstić information content (AvgIpc) is 4.24. The van der Waals surface area contributed by atoms with Gasteiger partial charge >= 0.3 is 6.18 Å². The van der Waals surface area contributed by atoms with Crippen LogP contribution in [0.5, 0.6) is 0 Å². The molecule has 8 rings (SSSR count). The Labute approximate surface area is 439 Å². The Bertz CT molecular complexity index is 3000. The van der Waals surface area contributed by atoms with E-state index in [-0.39, 0.29) is 49.6 Å². The van der Waals surface area contributed by atoms with E-state index in [2.05, 4.69) is 42.0 Å². The molecule has 6 N–H and O–H groups in total. The van der Waals surface area contributed by atoms with Crippen LogP contribution >= 0.6 is 11.3 Å². The van der Waals surface area contributed by atoms with Gasteiger partial charge in [-0.3, -0.25) is 33.4 Å². The SMILES string of the molecule is Cc1ncsc1-c1ccc(CNC(=O)[C@@H]2C[C@@H](O)CN2C(=O)[C@@H](NC(=O)CCCCCC2=CNNN2CCCCCCCNC(=O)c2ccc3c(c2)c2cn(C)nc2n3-c2ccc(C(F)(F)F)cc2)C(C)(C)C)cc1. The maximum atomic E-state index is 14.1. The molecule has 3 aromatic heterocycles. The van der Waals surface area contributed by atoms with Gasteiger partial charge in [0, 0.05) is 86.2 Å². The van der Waals surface area contributed by atoms with Crippen LogP contribution < -0.4 is 26.9 Å². The van der Waals surface area contributed by atoms with Gasteiger partial charge in [-0.05, 0) is 98.0 Å². The van der Waals surface area contributed by atoms with Gasteiger partial charge in [0.2, 0.25) is 17.7 Å². The van der Waals surface area contributed by atoms with Gasteiger partial charge in [0.15, 0.2) is 5.65 Å². The van der Waals surface area contributed by atoms with Crippen molar-refractivity contribution in [2.45, 2.75) is 129 Å². The second kappa shape index (κ2) is 23.8. The number of hydrogen-bond donors (Lipinski definition) is 6. The standard InChI is InChI=1S/C55H68F3N11O5S/c1-35-48(75-34-61-35)37-18-16-36(17-19-37)30-60-52(73)46-29-42(70)32-67(46)53(74)49(54(2,3)4)63-47(71)15-11-9-10-14-41-31-62-65-68(41)27-13-8-6-7-12-26-59-51(72)38-20-25-45-43(28-38)44-33-66(5)64-50(44)69(45)40-23-21-39(22-24-40)55(56,57)58/h16-25,28,31,33-34,42,46,49,62,65,70H,6-15,26-27,29-30,32H2,1-5H3,(H,59,72)(H,60,73)(H,63,71)/t42-,46+,49-/m1/s1. The number of halogens is 3. The Morgan fingerprint density at radius 2 is 1.63 bits per heavy atom. The Balaban J connectivity index is 0.706. The predicted octanol–water partition coefficient (Wildman–Crippen LogP) is 8.57. The van der Waals surface area contributed by atoms with E-state index in [9.17, 15) is 37.5 Å². The number of hydrogen-bond acceptors (Lipinski definition) is 11. The second-order valence-electron chi connectivity index (χ2n) is 20.7. The topological polar surface area (TPSA) is 191 Å². The lowest BCUT2D eigenvalue weighted by Crippen LogP contribution is -2.57. The smallest absolute Gasteiger partial charge is 0.391 e. The molecular weight excluding hydrogens is 984 g/mol. The van der Waals surface area contributed by atoms with Gasteiger partial charge in [-0.1, -0.05) is 70.7 Å². The van der Waals surface area contributed by atoms with Gasteiger partial charge < -0.3 is 31.4 Å². The number of likely N-dealkylation sites (tertiary alicyclic amines) is 1. The van der Waals surface area contributed by atoms with E-state index in [0.29, 0.717) is 29.9 Å². The van der Waals surface area contributed by atoms with Crippen molar-refractivity contribution in [1.29, 1.82) is 0 Å². The number of aliphatic hydroxyl groups is 1. The van der Waals surface area contributed by atoms with Crippen LogP contribution in [0.4, 0.5) is 13.2 Å². The van der Waals surface area contributed by atoms with Crippen molar-refractivity contribution in [2.24, 2.45) is 12.5 Å². The van der Waals surface area contributed by atoms with Crippen LogP contribution in [0.3, 0.4) is 0 Å². The van der Waals surface area contributed by atoms with E-state index in [1.807, 2.05) is 82.0 Å². The van der Waals surface area contributed by atoms with Crippen molar-refractivity contribution in [2.75, 3.05) is 19.6 Å². The molecule has 75 heavy (non-hydrogen) atoms. The fourth-order valence-corrected chi connectivity index (χ4v) is 10.7. The predicted molar refractivity (Wildman–Crippen MR) is 284 cm³/mol. The third-order valence-corrected chi connectivity index (χ3v) is 14.9. The summed E-state index contributed by atoms with van der Waals surface area (Å²) in [5.74, 6) is -1.15. The fourth-order valence-electron chi connectivity index (χ4n) is 9.86. The number of nitrogens with one attached hydrogen (secondary N) is 5. The normalized spacial score (nSPS) is 16.4. The van der Waals surface area contributed by atoms with Crippen molar-refractivity contribution < 1.29 is 37.5 Å². The third kappa shape index (κ3) is 13.4. The van der Waals surface area contributed by atoms with Gasteiger partial charge in [0.1, 0.15) is 12.1 Å².